The molecular formula is C16H28N4O+2. The highest BCUT2D eigenvalue weighted by Crippen LogP contribution is 2.12. The molecule has 0 saturated carbocycles. The molecule has 0 aromatic heterocycles. The van der Waals surface area contributed by atoms with Gasteiger partial charge in [0, 0.05) is 18.7 Å². The normalized spacial score (nSPS) is 21.8. The van der Waals surface area contributed by atoms with Crippen LogP contribution in [0.15, 0.2) is 24.3 Å². The first-order valence-electron chi connectivity index (χ1n) is 7.90. The van der Waals surface area contributed by atoms with Crippen molar-refractivity contribution in [3.63, 3.8) is 0 Å². The first kappa shape index (κ1) is 15.8. The minimum absolute atomic E-state index is 0.109. The Kier molecular flexibility index (Phi) is 6.02. The third-order valence-corrected chi connectivity index (χ3v) is 4.20. The lowest BCUT2D eigenvalue weighted by Gasteiger charge is -2.27. The Morgan fingerprint density at radius 3 is 2.62 bits per heavy atom. The molecule has 4 N–H and O–H groups in total. The summed E-state index contributed by atoms with van der Waals surface area (Å²) in [7, 11) is 2.26. The fourth-order valence-corrected chi connectivity index (χ4v) is 2.70. The van der Waals surface area contributed by atoms with Crippen LogP contribution in [0.5, 0.6) is 0 Å². The number of carbonyl (C=O) groups is 1. The molecule has 0 spiro atoms. The zero-order valence-corrected chi connectivity index (χ0v) is 13.2. The molecule has 1 aromatic rings. The van der Waals surface area contributed by atoms with E-state index in [4.69, 9.17) is 0 Å². The van der Waals surface area contributed by atoms with E-state index < -0.39 is 0 Å². The molecule has 0 unspecified atom stereocenters. The van der Waals surface area contributed by atoms with Gasteiger partial charge in [-0.25, -0.2) is 4.79 Å². The van der Waals surface area contributed by atoms with Crippen molar-refractivity contribution in [1.29, 1.82) is 0 Å². The van der Waals surface area contributed by atoms with Crippen LogP contribution < -0.4 is 20.4 Å². The second-order valence-corrected chi connectivity index (χ2v) is 6.01. The van der Waals surface area contributed by atoms with Crippen molar-refractivity contribution < 1.29 is 14.6 Å². The third-order valence-electron chi connectivity index (χ3n) is 4.20. The highest BCUT2D eigenvalue weighted by molar-refractivity contribution is 5.89. The van der Waals surface area contributed by atoms with Crippen LogP contribution in [0.25, 0.3) is 0 Å². The van der Waals surface area contributed by atoms with Gasteiger partial charge in [-0.05, 0) is 18.6 Å². The van der Waals surface area contributed by atoms with Crippen LogP contribution in [0.3, 0.4) is 0 Å². The number of para-hydroxylation sites is 1. The Morgan fingerprint density at radius 1 is 1.19 bits per heavy atom. The van der Waals surface area contributed by atoms with Gasteiger partial charge in [-0.15, -0.1) is 0 Å². The number of urea groups is 1. The number of aryl methyl sites for hydroxylation is 1. The van der Waals surface area contributed by atoms with Gasteiger partial charge < -0.3 is 20.4 Å². The number of nitrogens with one attached hydrogen (secondary N) is 4. The first-order valence-corrected chi connectivity index (χ1v) is 7.90. The Bertz CT molecular complexity index is 455. The summed E-state index contributed by atoms with van der Waals surface area (Å²) in [5.41, 5.74) is 1.96. The first-order chi connectivity index (χ1) is 10.1. The summed E-state index contributed by atoms with van der Waals surface area (Å²) < 4.78 is 0. The molecule has 0 radical (unpaired) electrons. The van der Waals surface area contributed by atoms with Crippen molar-refractivity contribution in [3.05, 3.63) is 29.8 Å². The van der Waals surface area contributed by atoms with E-state index in [1.165, 1.54) is 26.2 Å². The van der Waals surface area contributed by atoms with E-state index in [9.17, 15) is 4.79 Å². The van der Waals surface area contributed by atoms with Crippen LogP contribution in [0.2, 0.25) is 0 Å². The molecule has 0 bridgehead atoms. The average Bonchev–Trinajstić information content (AvgIpc) is 2.48. The van der Waals surface area contributed by atoms with Crippen molar-refractivity contribution in [2.75, 3.05) is 51.6 Å². The highest BCUT2D eigenvalue weighted by Gasteiger charge is 2.18. The van der Waals surface area contributed by atoms with Gasteiger partial charge in [0.15, 0.2) is 0 Å². The number of carbonyl (C=O) groups excluding carboxylic acids is 1. The molecular weight excluding hydrogens is 264 g/mol. The highest BCUT2D eigenvalue weighted by atomic mass is 16.2. The summed E-state index contributed by atoms with van der Waals surface area (Å²) in [5, 5.41) is 5.83. The summed E-state index contributed by atoms with van der Waals surface area (Å²) >= 11 is 0. The van der Waals surface area contributed by atoms with Crippen molar-refractivity contribution in [3.8, 4) is 0 Å². The molecule has 5 heteroatoms. The lowest BCUT2D eigenvalue weighted by molar-refractivity contribution is -1.00. The minimum atomic E-state index is -0.109. The molecule has 0 atom stereocenters. The van der Waals surface area contributed by atoms with Gasteiger partial charge in [-0.3, -0.25) is 0 Å². The van der Waals surface area contributed by atoms with Gasteiger partial charge >= 0.3 is 6.03 Å². The van der Waals surface area contributed by atoms with E-state index in [2.05, 4.69) is 17.7 Å². The van der Waals surface area contributed by atoms with Crippen LogP contribution in [0.4, 0.5) is 10.5 Å². The van der Waals surface area contributed by atoms with E-state index in [0.717, 1.165) is 30.8 Å². The van der Waals surface area contributed by atoms with Gasteiger partial charge in [0.25, 0.3) is 0 Å². The van der Waals surface area contributed by atoms with Gasteiger partial charge in [-0.2, -0.15) is 0 Å². The number of hydrogen-bond donors (Lipinski definition) is 4. The lowest BCUT2D eigenvalue weighted by Crippen LogP contribution is -3.27. The van der Waals surface area contributed by atoms with Crippen LogP contribution in [0.1, 0.15) is 12.0 Å². The number of hydrogen-bond acceptors (Lipinski definition) is 1. The molecule has 21 heavy (non-hydrogen) atoms. The minimum Gasteiger partial charge on any atom is -0.338 e. The number of anilines is 1. The van der Waals surface area contributed by atoms with Gasteiger partial charge in [0.2, 0.25) is 0 Å². The molecule has 1 fully saturated rings. The zero-order valence-electron chi connectivity index (χ0n) is 13.2. The van der Waals surface area contributed by atoms with Gasteiger partial charge in [-0.1, -0.05) is 18.2 Å². The van der Waals surface area contributed by atoms with Crippen molar-refractivity contribution in [2.24, 2.45) is 0 Å². The molecule has 2 amide bonds. The maximum absolute atomic E-state index is 11.8. The van der Waals surface area contributed by atoms with Crippen molar-refractivity contribution in [1.82, 2.24) is 5.32 Å². The molecule has 1 aliphatic heterocycles. The number of quaternary nitrogens is 2. The van der Waals surface area contributed by atoms with Crippen LogP contribution >= 0.6 is 0 Å². The predicted molar refractivity (Wildman–Crippen MR) is 85.0 cm³/mol. The zero-order chi connectivity index (χ0) is 15.1. The lowest BCUT2D eigenvalue weighted by atomic mass is 10.2. The summed E-state index contributed by atoms with van der Waals surface area (Å²) in [4.78, 5) is 15.1. The molecule has 1 aliphatic rings. The topological polar surface area (TPSA) is 50.0 Å². The molecule has 2 rings (SSSR count). The van der Waals surface area contributed by atoms with E-state index in [0.29, 0.717) is 0 Å². The summed E-state index contributed by atoms with van der Waals surface area (Å²) in [5.74, 6) is 0. The monoisotopic (exact) mass is 292 g/mol. The molecule has 1 aromatic carbocycles. The predicted octanol–water partition coefficient (Wildman–Crippen LogP) is -1.08. The van der Waals surface area contributed by atoms with Crippen molar-refractivity contribution in [2.45, 2.75) is 13.3 Å². The maximum atomic E-state index is 11.8. The smallest absolute Gasteiger partial charge is 0.319 e. The number of benzene rings is 1. The van der Waals surface area contributed by atoms with E-state index in [1.54, 1.807) is 9.80 Å². The number of likely N-dealkylation sites (N-methyl/N-ethyl adjacent to an activating group) is 1. The maximum Gasteiger partial charge on any atom is 0.319 e. The number of amides is 2. The average molecular weight is 292 g/mol. The second-order valence-electron chi connectivity index (χ2n) is 6.01. The van der Waals surface area contributed by atoms with Crippen LogP contribution in [-0.4, -0.2) is 52.3 Å². The number of rotatable bonds is 5. The van der Waals surface area contributed by atoms with Gasteiger partial charge in [0.1, 0.15) is 26.2 Å². The van der Waals surface area contributed by atoms with Gasteiger partial charge in [0.05, 0.1) is 13.6 Å². The Balaban J connectivity index is 1.60. The van der Waals surface area contributed by atoms with Crippen LogP contribution in [0, 0.1) is 6.92 Å². The Labute approximate surface area is 127 Å². The summed E-state index contributed by atoms with van der Waals surface area (Å²) in [6, 6.07) is 7.71. The summed E-state index contributed by atoms with van der Waals surface area (Å²) in [6.45, 7) is 8.91. The molecule has 1 heterocycles. The van der Waals surface area contributed by atoms with E-state index in [1.807, 2.05) is 31.2 Å². The molecule has 0 aliphatic carbocycles. The quantitative estimate of drug-likeness (QED) is 0.513. The standard InChI is InChI=1S/C16H26N4O/c1-14-6-3-4-7-15(14)18-16(21)17-8-5-9-20-12-10-19(2)11-13-20/h3-4,6-7H,5,8-13H2,1-2H3,(H2,17,18,21)/p+2. The summed E-state index contributed by atoms with van der Waals surface area (Å²) in [6.07, 6.45) is 1.04. The van der Waals surface area contributed by atoms with E-state index in [-0.39, 0.29) is 6.03 Å². The molecule has 1 saturated heterocycles. The largest absolute Gasteiger partial charge is 0.338 e. The second kappa shape index (κ2) is 8.00. The SMILES string of the molecule is Cc1ccccc1NC(=O)NCCC[NH+]1CC[NH+](C)CC1. The fourth-order valence-electron chi connectivity index (χ4n) is 2.70. The molecule has 5 nitrogen and oxygen atoms in total. The number of piperazine rings is 1. The van der Waals surface area contributed by atoms with Crippen LogP contribution in [-0.2, 0) is 0 Å². The third kappa shape index (κ3) is 5.36. The Morgan fingerprint density at radius 2 is 1.90 bits per heavy atom. The van der Waals surface area contributed by atoms with E-state index >= 15 is 0 Å². The molecule has 116 valence electrons. The van der Waals surface area contributed by atoms with Crippen molar-refractivity contribution >= 4 is 11.7 Å². The Hall–Kier alpha value is -1.59. The fraction of sp³-hybridized carbons (Fsp3) is 0.562.